The molecule has 0 bridgehead atoms. The number of rotatable bonds is 4. The maximum absolute atomic E-state index is 12.3. The Balaban J connectivity index is 2.24. The predicted octanol–water partition coefficient (Wildman–Crippen LogP) is 3.36. The van der Waals surface area contributed by atoms with Crippen LogP contribution in [0.5, 0.6) is 5.75 Å². The van der Waals surface area contributed by atoms with E-state index in [1.807, 2.05) is 13.8 Å². The molecule has 0 atom stereocenters. The van der Waals surface area contributed by atoms with Crippen LogP contribution >= 0.6 is 22.9 Å². The maximum Gasteiger partial charge on any atom is 0.261 e. The van der Waals surface area contributed by atoms with Crippen LogP contribution in [0.15, 0.2) is 18.2 Å². The number of hydrogen-bond donors (Lipinski definition) is 1. The number of methoxy groups -OCH3 is 1. The summed E-state index contributed by atoms with van der Waals surface area (Å²) in [6.45, 7) is 3.72. The lowest BCUT2D eigenvalue weighted by Gasteiger charge is -2.11. The number of terminal acetylenes is 1. The summed E-state index contributed by atoms with van der Waals surface area (Å²) in [5.41, 5.74) is -0.211. The number of halogens is 1. The molecule has 0 spiro atoms. The smallest absolute Gasteiger partial charge is 0.261 e. The Labute approximate surface area is 137 Å². The SMILES string of the molecule is C#CC(C)(C)c1nnc(NC(=O)c2cc(Cl)ccc2OC)s1. The summed E-state index contributed by atoms with van der Waals surface area (Å²) in [5.74, 6) is 2.69. The van der Waals surface area contributed by atoms with Crippen molar-refractivity contribution in [3.05, 3.63) is 33.8 Å². The first-order valence-corrected chi connectivity index (χ1v) is 7.53. The Kier molecular flexibility index (Phi) is 4.69. The molecule has 0 unspecified atom stereocenters. The van der Waals surface area contributed by atoms with Gasteiger partial charge in [-0.25, -0.2) is 0 Å². The summed E-state index contributed by atoms with van der Waals surface area (Å²) in [7, 11) is 1.48. The molecule has 0 aliphatic heterocycles. The van der Waals surface area contributed by atoms with Gasteiger partial charge in [0.25, 0.3) is 5.91 Å². The number of nitrogens with zero attached hydrogens (tertiary/aromatic N) is 2. The highest BCUT2D eigenvalue weighted by molar-refractivity contribution is 7.15. The van der Waals surface area contributed by atoms with Gasteiger partial charge in [-0.1, -0.05) is 28.9 Å². The van der Waals surface area contributed by atoms with E-state index in [0.717, 1.165) is 0 Å². The average Bonchev–Trinajstić information content (AvgIpc) is 2.96. The molecule has 5 nitrogen and oxygen atoms in total. The Hall–Kier alpha value is -2.10. The molecule has 0 fully saturated rings. The van der Waals surface area contributed by atoms with Gasteiger partial charge in [0.15, 0.2) is 0 Å². The number of nitrogens with one attached hydrogen (secondary N) is 1. The molecule has 0 radical (unpaired) electrons. The van der Waals surface area contributed by atoms with Crippen LogP contribution in [0, 0.1) is 12.3 Å². The van der Waals surface area contributed by atoms with Crippen molar-refractivity contribution in [2.75, 3.05) is 12.4 Å². The standard InChI is InChI=1S/C15H14ClN3O2S/c1-5-15(2,3)13-18-19-14(22-13)17-12(20)10-8-9(16)6-7-11(10)21-4/h1,6-8H,2-4H3,(H,17,19,20). The number of hydrogen-bond acceptors (Lipinski definition) is 5. The second-order valence-corrected chi connectivity index (χ2v) is 6.39. The van der Waals surface area contributed by atoms with Crippen LogP contribution in [-0.4, -0.2) is 23.2 Å². The molecule has 1 amide bonds. The highest BCUT2D eigenvalue weighted by Crippen LogP contribution is 2.29. The van der Waals surface area contributed by atoms with Gasteiger partial charge in [-0.2, -0.15) is 0 Å². The minimum atomic E-state index is -0.533. The monoisotopic (exact) mass is 335 g/mol. The van der Waals surface area contributed by atoms with Crippen LogP contribution < -0.4 is 10.1 Å². The number of ether oxygens (including phenoxy) is 1. The second-order valence-electron chi connectivity index (χ2n) is 4.98. The van der Waals surface area contributed by atoms with Gasteiger partial charge in [-0.3, -0.25) is 10.1 Å². The molecule has 0 saturated heterocycles. The van der Waals surface area contributed by atoms with Gasteiger partial charge in [-0.05, 0) is 32.0 Å². The van der Waals surface area contributed by atoms with Crippen molar-refractivity contribution in [1.82, 2.24) is 10.2 Å². The zero-order chi connectivity index (χ0) is 16.3. The fourth-order valence-corrected chi connectivity index (χ4v) is 2.59. The lowest BCUT2D eigenvalue weighted by Crippen LogP contribution is -2.13. The lowest BCUT2D eigenvalue weighted by atomic mass is 9.96. The van der Waals surface area contributed by atoms with Gasteiger partial charge in [-0.15, -0.1) is 16.6 Å². The van der Waals surface area contributed by atoms with Crippen molar-refractivity contribution >= 4 is 34.0 Å². The number of carbonyl (C=O) groups excluding carboxylic acids is 1. The van der Waals surface area contributed by atoms with E-state index in [1.165, 1.54) is 24.5 Å². The first-order chi connectivity index (χ1) is 10.4. The van der Waals surface area contributed by atoms with E-state index in [2.05, 4.69) is 21.4 Å². The topological polar surface area (TPSA) is 64.1 Å². The van der Waals surface area contributed by atoms with Gasteiger partial charge in [0, 0.05) is 5.02 Å². The number of benzene rings is 1. The molecule has 114 valence electrons. The first kappa shape index (κ1) is 16.3. The fraction of sp³-hybridized carbons (Fsp3) is 0.267. The molecular weight excluding hydrogens is 322 g/mol. The molecule has 2 rings (SSSR count). The van der Waals surface area contributed by atoms with Crippen LogP contribution in [0.4, 0.5) is 5.13 Å². The van der Waals surface area contributed by atoms with Crippen LogP contribution in [-0.2, 0) is 5.41 Å². The summed E-state index contributed by atoms with van der Waals surface area (Å²) in [4.78, 5) is 12.3. The van der Waals surface area contributed by atoms with Crippen LogP contribution in [0.1, 0.15) is 29.2 Å². The van der Waals surface area contributed by atoms with E-state index in [4.69, 9.17) is 22.8 Å². The Morgan fingerprint density at radius 2 is 2.18 bits per heavy atom. The number of anilines is 1. The zero-order valence-corrected chi connectivity index (χ0v) is 13.9. The third-order valence-corrected chi connectivity index (χ3v) is 4.34. The number of carbonyl (C=O) groups is 1. The minimum Gasteiger partial charge on any atom is -0.496 e. The normalized spacial score (nSPS) is 10.9. The Morgan fingerprint density at radius 1 is 1.45 bits per heavy atom. The molecule has 1 aromatic carbocycles. The van der Waals surface area contributed by atoms with Gasteiger partial charge in [0.05, 0.1) is 18.1 Å². The third kappa shape index (κ3) is 3.38. The van der Waals surface area contributed by atoms with Crippen LogP contribution in [0.3, 0.4) is 0 Å². The fourth-order valence-electron chi connectivity index (χ4n) is 1.61. The number of aromatic nitrogens is 2. The molecule has 1 heterocycles. The molecular formula is C15H14ClN3O2S. The van der Waals surface area contributed by atoms with Gasteiger partial charge in [0.2, 0.25) is 5.13 Å². The lowest BCUT2D eigenvalue weighted by molar-refractivity contribution is 0.102. The van der Waals surface area contributed by atoms with Crippen molar-refractivity contribution in [3.8, 4) is 18.1 Å². The van der Waals surface area contributed by atoms with Crippen molar-refractivity contribution in [2.24, 2.45) is 0 Å². The summed E-state index contributed by atoms with van der Waals surface area (Å²) in [6.07, 6.45) is 5.46. The molecule has 1 aromatic heterocycles. The van der Waals surface area contributed by atoms with E-state index in [1.54, 1.807) is 12.1 Å². The largest absolute Gasteiger partial charge is 0.496 e. The molecule has 0 saturated carbocycles. The van der Waals surface area contributed by atoms with E-state index in [0.29, 0.717) is 26.5 Å². The molecule has 7 heteroatoms. The molecule has 0 aliphatic carbocycles. The van der Waals surface area contributed by atoms with E-state index in [-0.39, 0.29) is 5.91 Å². The second kappa shape index (κ2) is 6.34. The molecule has 1 N–H and O–H groups in total. The summed E-state index contributed by atoms with van der Waals surface area (Å²) in [6, 6.07) is 4.81. The van der Waals surface area contributed by atoms with Crippen molar-refractivity contribution in [2.45, 2.75) is 19.3 Å². The third-order valence-electron chi connectivity index (χ3n) is 2.95. The Morgan fingerprint density at radius 3 is 2.82 bits per heavy atom. The van der Waals surface area contributed by atoms with Crippen molar-refractivity contribution < 1.29 is 9.53 Å². The molecule has 22 heavy (non-hydrogen) atoms. The highest BCUT2D eigenvalue weighted by atomic mass is 35.5. The van der Waals surface area contributed by atoms with Crippen molar-refractivity contribution in [1.29, 1.82) is 0 Å². The van der Waals surface area contributed by atoms with Crippen molar-refractivity contribution in [3.63, 3.8) is 0 Å². The quantitative estimate of drug-likeness (QED) is 0.870. The van der Waals surface area contributed by atoms with Crippen LogP contribution in [0.25, 0.3) is 0 Å². The van der Waals surface area contributed by atoms with Gasteiger partial charge < -0.3 is 4.74 Å². The zero-order valence-electron chi connectivity index (χ0n) is 12.3. The summed E-state index contributed by atoms with van der Waals surface area (Å²) in [5, 5.41) is 12.1. The molecule has 0 aliphatic rings. The van der Waals surface area contributed by atoms with Gasteiger partial charge in [0.1, 0.15) is 10.8 Å². The average molecular weight is 336 g/mol. The minimum absolute atomic E-state index is 0.322. The highest BCUT2D eigenvalue weighted by Gasteiger charge is 2.23. The maximum atomic E-state index is 12.3. The van der Waals surface area contributed by atoms with E-state index < -0.39 is 5.41 Å². The van der Waals surface area contributed by atoms with E-state index >= 15 is 0 Å². The van der Waals surface area contributed by atoms with E-state index in [9.17, 15) is 4.79 Å². The number of amides is 1. The summed E-state index contributed by atoms with van der Waals surface area (Å²) < 4.78 is 5.16. The first-order valence-electron chi connectivity index (χ1n) is 6.34. The predicted molar refractivity (Wildman–Crippen MR) is 87.7 cm³/mol. The van der Waals surface area contributed by atoms with Gasteiger partial charge >= 0.3 is 0 Å². The Bertz CT molecular complexity index is 749. The van der Waals surface area contributed by atoms with Crippen LogP contribution in [0.2, 0.25) is 5.02 Å². The molecule has 2 aromatic rings. The summed E-state index contributed by atoms with van der Waals surface area (Å²) >= 11 is 7.16.